The van der Waals surface area contributed by atoms with E-state index < -0.39 is 0 Å². The molecule has 94 valence electrons. The van der Waals surface area contributed by atoms with Crippen LogP contribution in [0, 0.1) is 5.82 Å². The Morgan fingerprint density at radius 1 is 1.11 bits per heavy atom. The quantitative estimate of drug-likeness (QED) is 0.873. The second-order valence-electron chi connectivity index (χ2n) is 4.02. The summed E-state index contributed by atoms with van der Waals surface area (Å²) < 4.78 is 18.6. The van der Waals surface area contributed by atoms with Gasteiger partial charge in [0.25, 0.3) is 0 Å². The molecule has 3 heteroatoms. The molecule has 0 heterocycles. The number of hydrogen-bond donors (Lipinski definition) is 1. The molecule has 1 atom stereocenters. The fourth-order valence-electron chi connectivity index (χ4n) is 1.77. The maximum atomic E-state index is 13.0. The first-order valence-electron chi connectivity index (χ1n) is 5.90. The lowest BCUT2D eigenvalue weighted by molar-refractivity contribution is 0.272. The maximum absolute atomic E-state index is 13.0. The lowest BCUT2D eigenvalue weighted by Crippen LogP contribution is -2.23. The summed E-state index contributed by atoms with van der Waals surface area (Å²) in [5.41, 5.74) is 1.15. The Labute approximate surface area is 106 Å². The summed E-state index contributed by atoms with van der Waals surface area (Å²) in [6, 6.07) is 16.3. The van der Waals surface area contributed by atoms with E-state index in [1.807, 2.05) is 37.4 Å². The number of rotatable bonds is 5. The van der Waals surface area contributed by atoms with Gasteiger partial charge in [-0.3, -0.25) is 0 Å². The second kappa shape index (κ2) is 6.17. The van der Waals surface area contributed by atoms with Gasteiger partial charge in [0.1, 0.15) is 18.2 Å². The maximum Gasteiger partial charge on any atom is 0.126 e. The van der Waals surface area contributed by atoms with E-state index in [4.69, 9.17) is 4.74 Å². The normalized spacial score (nSPS) is 12.1. The van der Waals surface area contributed by atoms with Crippen molar-refractivity contribution in [2.45, 2.75) is 6.04 Å². The van der Waals surface area contributed by atoms with E-state index in [9.17, 15) is 4.39 Å². The Balaban J connectivity index is 2.00. The van der Waals surface area contributed by atoms with Crippen molar-refractivity contribution in [1.82, 2.24) is 5.32 Å². The zero-order chi connectivity index (χ0) is 12.8. The summed E-state index contributed by atoms with van der Waals surface area (Å²) in [5, 5.41) is 3.18. The molecule has 0 aliphatic rings. The minimum atomic E-state index is -0.284. The third-order valence-electron chi connectivity index (χ3n) is 2.76. The fraction of sp³-hybridized carbons (Fsp3) is 0.200. The molecule has 0 amide bonds. The standard InChI is InChI=1S/C15H16FNO/c1-17-15(12-6-3-2-4-7-12)11-18-14-9-5-8-13(16)10-14/h2-10,15,17H,11H2,1H3. The van der Waals surface area contributed by atoms with Gasteiger partial charge in [0.15, 0.2) is 0 Å². The van der Waals surface area contributed by atoms with Crippen LogP contribution in [-0.2, 0) is 0 Å². The monoisotopic (exact) mass is 245 g/mol. The SMILES string of the molecule is CNC(COc1cccc(F)c1)c1ccccc1. The minimum absolute atomic E-state index is 0.0921. The fourth-order valence-corrected chi connectivity index (χ4v) is 1.77. The highest BCUT2D eigenvalue weighted by molar-refractivity contribution is 5.23. The van der Waals surface area contributed by atoms with E-state index in [1.54, 1.807) is 12.1 Å². The van der Waals surface area contributed by atoms with Crippen molar-refractivity contribution < 1.29 is 9.13 Å². The average Bonchev–Trinajstić information content (AvgIpc) is 2.41. The molecule has 2 aromatic rings. The van der Waals surface area contributed by atoms with Crippen LogP contribution in [0.2, 0.25) is 0 Å². The molecule has 0 saturated heterocycles. The molecule has 1 unspecified atom stereocenters. The van der Waals surface area contributed by atoms with Crippen molar-refractivity contribution in [1.29, 1.82) is 0 Å². The summed E-state index contributed by atoms with van der Waals surface area (Å²) in [6.45, 7) is 0.462. The van der Waals surface area contributed by atoms with Crippen LogP contribution >= 0.6 is 0 Å². The molecule has 0 spiro atoms. The Hall–Kier alpha value is -1.87. The zero-order valence-corrected chi connectivity index (χ0v) is 10.3. The van der Waals surface area contributed by atoms with E-state index in [1.165, 1.54) is 12.1 Å². The highest BCUT2D eigenvalue weighted by Crippen LogP contribution is 2.16. The number of benzene rings is 2. The molecule has 0 aliphatic carbocycles. The Morgan fingerprint density at radius 3 is 2.56 bits per heavy atom. The third kappa shape index (κ3) is 3.31. The van der Waals surface area contributed by atoms with Crippen molar-refractivity contribution in [3.05, 3.63) is 66.0 Å². The van der Waals surface area contributed by atoms with Crippen molar-refractivity contribution in [2.75, 3.05) is 13.7 Å². The topological polar surface area (TPSA) is 21.3 Å². The lowest BCUT2D eigenvalue weighted by Gasteiger charge is -2.17. The van der Waals surface area contributed by atoms with Crippen LogP contribution in [-0.4, -0.2) is 13.7 Å². The number of likely N-dealkylation sites (N-methyl/N-ethyl adjacent to an activating group) is 1. The smallest absolute Gasteiger partial charge is 0.126 e. The summed E-state index contributed by atoms with van der Waals surface area (Å²) in [5.74, 6) is 0.263. The molecular weight excluding hydrogens is 229 g/mol. The largest absolute Gasteiger partial charge is 0.492 e. The molecule has 0 bridgehead atoms. The van der Waals surface area contributed by atoms with E-state index in [2.05, 4.69) is 5.32 Å². The first kappa shape index (κ1) is 12.6. The Bertz CT molecular complexity index is 487. The number of nitrogens with one attached hydrogen (secondary N) is 1. The molecule has 2 rings (SSSR count). The van der Waals surface area contributed by atoms with Gasteiger partial charge in [0.2, 0.25) is 0 Å². The number of halogens is 1. The van der Waals surface area contributed by atoms with E-state index in [0.29, 0.717) is 12.4 Å². The first-order valence-corrected chi connectivity index (χ1v) is 5.90. The summed E-state index contributed by atoms with van der Waals surface area (Å²) in [4.78, 5) is 0. The third-order valence-corrected chi connectivity index (χ3v) is 2.76. The van der Waals surface area contributed by atoms with Crippen LogP contribution in [0.15, 0.2) is 54.6 Å². The van der Waals surface area contributed by atoms with E-state index in [0.717, 1.165) is 5.56 Å². The van der Waals surface area contributed by atoms with Crippen molar-refractivity contribution in [2.24, 2.45) is 0 Å². The van der Waals surface area contributed by atoms with Crippen molar-refractivity contribution >= 4 is 0 Å². The van der Waals surface area contributed by atoms with Crippen LogP contribution in [0.5, 0.6) is 5.75 Å². The van der Waals surface area contributed by atoms with Crippen LogP contribution in [0.25, 0.3) is 0 Å². The molecule has 0 saturated carbocycles. The van der Waals surface area contributed by atoms with Gasteiger partial charge < -0.3 is 10.1 Å². The first-order chi connectivity index (χ1) is 8.79. The van der Waals surface area contributed by atoms with Crippen LogP contribution in [0.3, 0.4) is 0 Å². The molecular formula is C15H16FNO. The van der Waals surface area contributed by atoms with Gasteiger partial charge in [-0.05, 0) is 24.7 Å². The predicted molar refractivity (Wildman–Crippen MR) is 70.1 cm³/mol. The van der Waals surface area contributed by atoms with Gasteiger partial charge in [-0.25, -0.2) is 4.39 Å². The predicted octanol–water partition coefficient (Wildman–Crippen LogP) is 3.17. The molecule has 0 radical (unpaired) electrons. The Kier molecular flexibility index (Phi) is 4.31. The minimum Gasteiger partial charge on any atom is -0.492 e. The average molecular weight is 245 g/mol. The number of ether oxygens (including phenoxy) is 1. The van der Waals surface area contributed by atoms with E-state index in [-0.39, 0.29) is 11.9 Å². The molecule has 18 heavy (non-hydrogen) atoms. The van der Waals surface area contributed by atoms with E-state index >= 15 is 0 Å². The molecule has 0 aromatic heterocycles. The van der Waals surface area contributed by atoms with Gasteiger partial charge in [0, 0.05) is 6.07 Å². The lowest BCUT2D eigenvalue weighted by atomic mass is 10.1. The summed E-state index contributed by atoms with van der Waals surface area (Å²) >= 11 is 0. The van der Waals surface area contributed by atoms with Crippen LogP contribution in [0.1, 0.15) is 11.6 Å². The Morgan fingerprint density at radius 2 is 1.89 bits per heavy atom. The van der Waals surface area contributed by atoms with Crippen LogP contribution < -0.4 is 10.1 Å². The van der Waals surface area contributed by atoms with Gasteiger partial charge in [0.05, 0.1) is 6.04 Å². The highest BCUT2D eigenvalue weighted by atomic mass is 19.1. The van der Waals surface area contributed by atoms with Crippen molar-refractivity contribution in [3.63, 3.8) is 0 Å². The number of hydrogen-bond acceptors (Lipinski definition) is 2. The summed E-state index contributed by atoms with van der Waals surface area (Å²) in [7, 11) is 1.88. The molecule has 0 aliphatic heterocycles. The van der Waals surface area contributed by atoms with Gasteiger partial charge >= 0.3 is 0 Å². The van der Waals surface area contributed by atoms with Crippen LogP contribution in [0.4, 0.5) is 4.39 Å². The van der Waals surface area contributed by atoms with Gasteiger partial charge in [-0.2, -0.15) is 0 Å². The van der Waals surface area contributed by atoms with Crippen molar-refractivity contribution in [3.8, 4) is 5.75 Å². The second-order valence-corrected chi connectivity index (χ2v) is 4.02. The molecule has 1 N–H and O–H groups in total. The zero-order valence-electron chi connectivity index (χ0n) is 10.3. The van der Waals surface area contributed by atoms with Gasteiger partial charge in [-0.1, -0.05) is 36.4 Å². The summed E-state index contributed by atoms with van der Waals surface area (Å²) in [6.07, 6.45) is 0. The van der Waals surface area contributed by atoms with Gasteiger partial charge in [-0.15, -0.1) is 0 Å². The molecule has 2 nitrogen and oxygen atoms in total. The molecule has 2 aromatic carbocycles. The molecule has 0 fully saturated rings. The highest BCUT2D eigenvalue weighted by Gasteiger charge is 2.09.